The Balaban J connectivity index is 1.48. The predicted molar refractivity (Wildman–Crippen MR) is 221 cm³/mol. The van der Waals surface area contributed by atoms with Crippen LogP contribution in [0.3, 0.4) is 0 Å². The van der Waals surface area contributed by atoms with E-state index >= 15 is 0 Å². The van der Waals surface area contributed by atoms with Crippen molar-refractivity contribution in [2.75, 3.05) is 20.8 Å². The number of benzene rings is 5. The van der Waals surface area contributed by atoms with Crippen molar-refractivity contribution >= 4 is 56.3 Å². The van der Waals surface area contributed by atoms with Crippen molar-refractivity contribution in [3.63, 3.8) is 0 Å². The number of ether oxygens (including phenoxy) is 8. The van der Waals surface area contributed by atoms with Gasteiger partial charge >= 0.3 is 23.9 Å². The fourth-order valence-corrected chi connectivity index (χ4v) is 6.19. The van der Waals surface area contributed by atoms with Gasteiger partial charge < -0.3 is 37.9 Å². The molecule has 14 heteroatoms. The van der Waals surface area contributed by atoms with Crippen LogP contribution in [-0.2, 0) is 28.5 Å². The summed E-state index contributed by atoms with van der Waals surface area (Å²) in [5.41, 5.74) is 1.14. The van der Waals surface area contributed by atoms with Crippen LogP contribution < -0.4 is 14.2 Å². The van der Waals surface area contributed by atoms with Crippen molar-refractivity contribution in [3.05, 3.63) is 167 Å². The van der Waals surface area contributed by atoms with E-state index in [0.29, 0.717) is 5.56 Å². The van der Waals surface area contributed by atoms with E-state index in [1.54, 1.807) is 126 Å². The lowest BCUT2D eigenvalue weighted by molar-refractivity contribution is -0.275. The van der Waals surface area contributed by atoms with Crippen molar-refractivity contribution < 1.29 is 61.9 Å². The Hall–Kier alpha value is -6.52. The van der Waals surface area contributed by atoms with Crippen LogP contribution in [0.15, 0.2) is 140 Å². The molecule has 0 spiro atoms. The van der Waals surface area contributed by atoms with Gasteiger partial charge in [0.1, 0.15) is 12.7 Å². The first kappa shape index (κ1) is 42.1. The van der Waals surface area contributed by atoms with Gasteiger partial charge in [-0.3, -0.25) is 4.79 Å². The molecule has 0 aromatic heterocycles. The average molecular weight is 913 g/mol. The first-order valence-electron chi connectivity index (χ1n) is 18.1. The molecule has 5 atom stereocenters. The second-order valence-corrected chi connectivity index (χ2v) is 13.8. The lowest BCUT2D eigenvalue weighted by Crippen LogP contribution is -2.64. The van der Waals surface area contributed by atoms with Gasteiger partial charge in [-0.15, -0.1) is 0 Å². The first-order chi connectivity index (χ1) is 28.6. The molecule has 0 bridgehead atoms. The Morgan fingerprint density at radius 3 is 1.41 bits per heavy atom. The van der Waals surface area contributed by atoms with Gasteiger partial charge in [0.25, 0.3) is 0 Å². The van der Waals surface area contributed by atoms with Gasteiger partial charge in [0, 0.05) is 22.6 Å². The summed E-state index contributed by atoms with van der Waals surface area (Å²) < 4.78 is 48.2. The molecule has 5 aromatic carbocycles. The molecule has 1 heterocycles. The average Bonchev–Trinajstić information content (AvgIpc) is 3.27. The van der Waals surface area contributed by atoms with Gasteiger partial charge in [0.15, 0.2) is 23.7 Å². The molecular formula is C45H37IO13. The molecule has 1 aliphatic rings. The van der Waals surface area contributed by atoms with Crippen molar-refractivity contribution in [2.24, 2.45) is 0 Å². The van der Waals surface area contributed by atoms with Gasteiger partial charge in [0.05, 0.1) is 36.5 Å². The van der Waals surface area contributed by atoms with Crippen molar-refractivity contribution in [1.82, 2.24) is 0 Å². The minimum Gasteiger partial charge on any atom is -0.493 e. The minimum absolute atomic E-state index is 0.0355. The predicted octanol–water partition coefficient (Wildman–Crippen LogP) is 7.32. The quantitative estimate of drug-likeness (QED) is 0.0339. The van der Waals surface area contributed by atoms with Crippen LogP contribution in [0.25, 0.3) is 6.08 Å². The van der Waals surface area contributed by atoms with Crippen molar-refractivity contribution in [1.29, 1.82) is 0 Å². The highest BCUT2D eigenvalue weighted by molar-refractivity contribution is 14.1. The maximum Gasteiger partial charge on any atom is 0.338 e. The number of halogens is 1. The molecule has 1 saturated heterocycles. The highest BCUT2D eigenvalue weighted by atomic mass is 127. The van der Waals surface area contributed by atoms with E-state index in [4.69, 9.17) is 37.9 Å². The maximum atomic E-state index is 13.9. The maximum absolute atomic E-state index is 13.9. The van der Waals surface area contributed by atoms with E-state index in [1.807, 2.05) is 0 Å². The van der Waals surface area contributed by atoms with E-state index in [9.17, 15) is 24.0 Å². The van der Waals surface area contributed by atoms with Crippen molar-refractivity contribution in [2.45, 2.75) is 30.7 Å². The van der Waals surface area contributed by atoms with Gasteiger partial charge in [-0.2, -0.15) is 0 Å². The van der Waals surface area contributed by atoms with Crippen LogP contribution in [0, 0.1) is 0 Å². The third-order valence-electron chi connectivity index (χ3n) is 8.86. The van der Waals surface area contributed by atoms with Gasteiger partial charge in [0.2, 0.25) is 21.9 Å². The summed E-state index contributed by atoms with van der Waals surface area (Å²) in [5, 5.41) is 0. The Kier molecular flexibility index (Phi) is 14.5. The summed E-state index contributed by atoms with van der Waals surface area (Å²) in [4.78, 5) is 66.7. The van der Waals surface area contributed by atoms with Crippen LogP contribution in [0.1, 0.15) is 47.0 Å². The summed E-state index contributed by atoms with van der Waals surface area (Å²) in [6.07, 6.45) is -5.09. The smallest absolute Gasteiger partial charge is 0.338 e. The van der Waals surface area contributed by atoms with Crippen LogP contribution in [0.4, 0.5) is 0 Å². The number of allylic oxidation sites excluding steroid dienone is 1. The fraction of sp³-hybridized carbons (Fsp3) is 0.178. The number of rotatable bonds is 15. The van der Waals surface area contributed by atoms with E-state index in [1.165, 1.54) is 56.7 Å². The molecule has 59 heavy (non-hydrogen) atoms. The van der Waals surface area contributed by atoms with E-state index in [0.717, 1.165) is 0 Å². The number of esters is 4. The first-order valence-corrected chi connectivity index (χ1v) is 19.2. The van der Waals surface area contributed by atoms with Gasteiger partial charge in [-0.1, -0.05) is 78.9 Å². The van der Waals surface area contributed by atoms with Gasteiger partial charge in [-0.05, 0) is 72.3 Å². The Morgan fingerprint density at radius 2 is 0.983 bits per heavy atom. The molecule has 302 valence electrons. The normalized spacial score (nSPS) is 18.5. The second-order valence-electron chi connectivity index (χ2n) is 12.7. The van der Waals surface area contributed by atoms with Crippen LogP contribution >= 0.6 is 22.6 Å². The Bertz CT molecular complexity index is 2240. The molecule has 0 radical (unpaired) electrons. The lowest BCUT2D eigenvalue weighted by atomic mass is 9.97. The molecular weight excluding hydrogens is 875 g/mol. The third-order valence-corrected chi connectivity index (χ3v) is 9.22. The number of carbonyl (C=O) groups is 5. The minimum atomic E-state index is -1.68. The molecule has 0 saturated carbocycles. The summed E-state index contributed by atoms with van der Waals surface area (Å²) in [5.74, 6) is -3.11. The highest BCUT2D eigenvalue weighted by Gasteiger charge is 2.54. The molecule has 0 N–H and O–H groups in total. The number of hydrogen-bond acceptors (Lipinski definition) is 13. The molecule has 0 unspecified atom stereocenters. The number of methoxy groups -OCH3 is 2. The topological polar surface area (TPSA) is 159 Å². The second kappa shape index (κ2) is 20.3. The lowest BCUT2D eigenvalue weighted by Gasteiger charge is -2.44. The van der Waals surface area contributed by atoms with Crippen molar-refractivity contribution in [3.8, 4) is 17.2 Å². The molecule has 0 aliphatic carbocycles. The standard InChI is InChI=1S/C45H37IO13/c1-52-33-25-28(23-24-36(46)47)26-34(53-2)37(33)59-45-40(58-44(51)32-21-13-6-14-22-32)39(57-43(50)31-19-11-5-12-20-31)38(56-42(49)30-17-9-4-10-18-30)35(55-45)27-54-41(48)29-15-7-3-8-16-29/h3-26,35,38-40,45H,27H2,1-2H3/t35-,38-,39+,40-,45+/m1/s1. The monoisotopic (exact) mass is 912 g/mol. The van der Waals surface area contributed by atoms with E-state index < -0.39 is 61.2 Å². The molecule has 1 fully saturated rings. The molecule has 5 aromatic rings. The summed E-state index contributed by atoms with van der Waals surface area (Å²) >= 11 is 1.64. The third kappa shape index (κ3) is 10.9. The Morgan fingerprint density at radius 1 is 0.576 bits per heavy atom. The zero-order valence-corrected chi connectivity index (χ0v) is 33.8. The summed E-state index contributed by atoms with van der Waals surface area (Å²) in [6.45, 7) is -0.554. The zero-order chi connectivity index (χ0) is 41.7. The summed E-state index contributed by atoms with van der Waals surface area (Å²) in [6, 6.07) is 35.3. The number of carbonyl (C=O) groups excluding carboxylic acids is 5. The molecule has 0 amide bonds. The molecule has 13 nitrogen and oxygen atoms in total. The van der Waals surface area contributed by atoms with Crippen LogP contribution in [-0.4, -0.2) is 79.2 Å². The van der Waals surface area contributed by atoms with E-state index in [-0.39, 0.29) is 43.3 Å². The summed E-state index contributed by atoms with van der Waals surface area (Å²) in [7, 11) is 2.76. The van der Waals surface area contributed by atoms with Gasteiger partial charge in [-0.25, -0.2) is 19.2 Å². The molecule has 6 rings (SSSR count). The number of hydrogen-bond donors (Lipinski definition) is 0. The van der Waals surface area contributed by atoms with Crippen LogP contribution in [0.2, 0.25) is 0 Å². The fourth-order valence-electron chi connectivity index (χ4n) is 6.01. The zero-order valence-electron chi connectivity index (χ0n) is 31.6. The SMILES string of the molecule is COc1cc(C=CC(=O)I)cc(OC)c1O[C@@H]1O[C@H](COC(=O)c2ccccc2)[C@@H](OC(=O)c2ccccc2)[C@H](OC(=O)c2ccccc2)[C@H]1OC(=O)c1ccccc1. The van der Waals surface area contributed by atoms with Crippen LogP contribution in [0.5, 0.6) is 17.2 Å². The van der Waals surface area contributed by atoms with E-state index in [2.05, 4.69) is 0 Å². The largest absolute Gasteiger partial charge is 0.493 e. The molecule has 1 aliphatic heterocycles. The Labute approximate surface area is 352 Å². The highest BCUT2D eigenvalue weighted by Crippen LogP contribution is 2.42.